The first-order valence-corrected chi connectivity index (χ1v) is 6.12. The van der Waals surface area contributed by atoms with Crippen molar-refractivity contribution in [2.75, 3.05) is 0 Å². The number of aromatic nitrogens is 2. The van der Waals surface area contributed by atoms with Crippen LogP contribution in [0.15, 0.2) is 24.2 Å². The second-order valence-electron chi connectivity index (χ2n) is 4.88. The third kappa shape index (κ3) is 1.73. The van der Waals surface area contributed by atoms with Crippen molar-refractivity contribution >= 4 is 0 Å². The Morgan fingerprint density at radius 1 is 1.20 bits per heavy atom. The summed E-state index contributed by atoms with van der Waals surface area (Å²) in [5.74, 6) is 1.52. The second kappa shape index (κ2) is 3.84. The minimum absolute atomic E-state index is 0.608. The summed E-state index contributed by atoms with van der Waals surface area (Å²) >= 11 is 0. The zero-order chi connectivity index (χ0) is 10.1. The molecule has 0 saturated heterocycles. The van der Waals surface area contributed by atoms with E-state index in [1.54, 1.807) is 11.9 Å². The summed E-state index contributed by atoms with van der Waals surface area (Å²) < 4.78 is 0. The van der Waals surface area contributed by atoms with Gasteiger partial charge >= 0.3 is 0 Å². The van der Waals surface area contributed by atoms with Gasteiger partial charge in [-0.05, 0) is 38.0 Å². The number of nitrogens with one attached hydrogen (secondary N) is 1. The van der Waals surface area contributed by atoms with Crippen molar-refractivity contribution in [2.24, 2.45) is 5.92 Å². The molecular formula is C13H18N2. The highest BCUT2D eigenvalue weighted by Crippen LogP contribution is 2.40. The Bertz CT molecular complexity index is 351. The third-order valence-corrected chi connectivity index (χ3v) is 3.95. The van der Waals surface area contributed by atoms with Crippen LogP contribution in [-0.4, -0.2) is 9.97 Å². The van der Waals surface area contributed by atoms with Crippen molar-refractivity contribution in [3.8, 4) is 0 Å². The molecule has 0 radical (unpaired) electrons. The van der Waals surface area contributed by atoms with Crippen molar-refractivity contribution in [2.45, 2.75) is 44.4 Å². The Morgan fingerprint density at radius 3 is 3.07 bits per heavy atom. The molecule has 3 rings (SSSR count). The van der Waals surface area contributed by atoms with Crippen LogP contribution in [0.3, 0.4) is 0 Å². The van der Waals surface area contributed by atoms with Gasteiger partial charge in [0.05, 0.1) is 6.33 Å². The van der Waals surface area contributed by atoms with Crippen LogP contribution in [0.1, 0.15) is 50.1 Å². The van der Waals surface area contributed by atoms with E-state index in [1.807, 2.05) is 6.20 Å². The highest BCUT2D eigenvalue weighted by molar-refractivity contribution is 5.22. The van der Waals surface area contributed by atoms with Gasteiger partial charge in [0.25, 0.3) is 0 Å². The summed E-state index contributed by atoms with van der Waals surface area (Å²) in [6.07, 6.45) is 14.6. The van der Waals surface area contributed by atoms with Gasteiger partial charge in [0.2, 0.25) is 0 Å². The van der Waals surface area contributed by atoms with Crippen molar-refractivity contribution in [1.82, 2.24) is 9.97 Å². The summed E-state index contributed by atoms with van der Waals surface area (Å²) in [6, 6.07) is 0. The monoisotopic (exact) mass is 202 g/mol. The van der Waals surface area contributed by atoms with E-state index in [9.17, 15) is 0 Å². The lowest BCUT2D eigenvalue weighted by atomic mass is 9.74. The van der Waals surface area contributed by atoms with E-state index >= 15 is 0 Å². The quantitative estimate of drug-likeness (QED) is 0.695. The number of imidazole rings is 1. The van der Waals surface area contributed by atoms with Crippen molar-refractivity contribution in [1.29, 1.82) is 0 Å². The molecule has 1 N–H and O–H groups in total. The Morgan fingerprint density at radius 2 is 2.20 bits per heavy atom. The molecule has 0 amide bonds. The molecule has 0 aliphatic heterocycles. The second-order valence-corrected chi connectivity index (χ2v) is 4.88. The topological polar surface area (TPSA) is 28.7 Å². The number of rotatable bonds is 1. The normalized spacial score (nSPS) is 30.8. The van der Waals surface area contributed by atoms with Gasteiger partial charge in [0.15, 0.2) is 0 Å². The number of allylic oxidation sites excluding steroid dienone is 2. The molecule has 0 aromatic carbocycles. The summed E-state index contributed by atoms with van der Waals surface area (Å²) in [5, 5.41) is 0. The maximum atomic E-state index is 4.12. The third-order valence-electron chi connectivity index (χ3n) is 3.95. The average molecular weight is 202 g/mol. The first-order valence-electron chi connectivity index (χ1n) is 6.12. The summed E-state index contributed by atoms with van der Waals surface area (Å²) in [5.41, 5.74) is 3.03. The van der Waals surface area contributed by atoms with Gasteiger partial charge in [0.1, 0.15) is 0 Å². The van der Waals surface area contributed by atoms with E-state index < -0.39 is 0 Å². The number of H-pyrrole nitrogens is 1. The van der Waals surface area contributed by atoms with E-state index in [4.69, 9.17) is 0 Å². The molecule has 0 spiro atoms. The molecule has 1 saturated carbocycles. The molecule has 1 heterocycles. The molecule has 1 aromatic rings. The molecule has 0 unspecified atom stereocenters. The molecule has 0 bridgehead atoms. The maximum absolute atomic E-state index is 4.12. The van der Waals surface area contributed by atoms with Crippen molar-refractivity contribution < 1.29 is 0 Å². The minimum atomic E-state index is 0.608. The standard InChI is InChI=1S/C13H18N2/c1-2-4-11-7-12(6-5-10(11)3-1)13-8-14-9-15-13/h7-10,12H,1-6H2,(H,14,15)/t10-,12-/m1/s1. The zero-order valence-corrected chi connectivity index (χ0v) is 9.08. The van der Waals surface area contributed by atoms with E-state index in [1.165, 1.54) is 44.2 Å². The lowest BCUT2D eigenvalue weighted by Crippen LogP contribution is -2.17. The lowest BCUT2D eigenvalue weighted by Gasteiger charge is -2.31. The van der Waals surface area contributed by atoms with Crippen LogP contribution in [0.25, 0.3) is 0 Å². The summed E-state index contributed by atoms with van der Waals surface area (Å²) in [4.78, 5) is 7.36. The van der Waals surface area contributed by atoms with E-state index in [0.29, 0.717) is 5.92 Å². The van der Waals surface area contributed by atoms with Gasteiger partial charge in [0, 0.05) is 17.8 Å². The molecule has 15 heavy (non-hydrogen) atoms. The molecule has 2 atom stereocenters. The molecule has 1 aromatic heterocycles. The van der Waals surface area contributed by atoms with Crippen molar-refractivity contribution in [3.05, 3.63) is 29.9 Å². The van der Waals surface area contributed by atoms with Crippen LogP contribution in [0.4, 0.5) is 0 Å². The van der Waals surface area contributed by atoms with Crippen LogP contribution in [-0.2, 0) is 0 Å². The largest absolute Gasteiger partial charge is 0.348 e. The zero-order valence-electron chi connectivity index (χ0n) is 9.08. The van der Waals surface area contributed by atoms with Gasteiger partial charge in [-0.15, -0.1) is 0 Å². The predicted octanol–water partition coefficient (Wildman–Crippen LogP) is 3.40. The van der Waals surface area contributed by atoms with Gasteiger partial charge in [-0.2, -0.15) is 0 Å². The number of hydrogen-bond donors (Lipinski definition) is 1. The average Bonchev–Trinajstić information content (AvgIpc) is 2.82. The Hall–Kier alpha value is -1.05. The number of hydrogen-bond acceptors (Lipinski definition) is 1. The number of fused-ring (bicyclic) bond motifs is 1. The van der Waals surface area contributed by atoms with Crippen LogP contribution in [0.2, 0.25) is 0 Å². The fourth-order valence-corrected chi connectivity index (χ4v) is 3.10. The molecule has 80 valence electrons. The molecule has 2 aliphatic carbocycles. The van der Waals surface area contributed by atoms with Gasteiger partial charge in [-0.25, -0.2) is 4.98 Å². The van der Waals surface area contributed by atoms with Crippen LogP contribution >= 0.6 is 0 Å². The highest BCUT2D eigenvalue weighted by Gasteiger charge is 2.26. The molecule has 2 aliphatic rings. The fourth-order valence-electron chi connectivity index (χ4n) is 3.10. The van der Waals surface area contributed by atoms with E-state index in [-0.39, 0.29) is 0 Å². The molecule has 2 heteroatoms. The van der Waals surface area contributed by atoms with Gasteiger partial charge in [-0.1, -0.05) is 18.1 Å². The summed E-state index contributed by atoms with van der Waals surface area (Å²) in [6.45, 7) is 0. The van der Waals surface area contributed by atoms with Gasteiger partial charge in [-0.3, -0.25) is 0 Å². The van der Waals surface area contributed by atoms with E-state index in [0.717, 1.165) is 5.92 Å². The number of aromatic amines is 1. The summed E-state index contributed by atoms with van der Waals surface area (Å²) in [7, 11) is 0. The molecule has 2 nitrogen and oxygen atoms in total. The first kappa shape index (κ1) is 9.20. The van der Waals surface area contributed by atoms with Crippen LogP contribution in [0, 0.1) is 5.92 Å². The van der Waals surface area contributed by atoms with Gasteiger partial charge < -0.3 is 4.98 Å². The number of nitrogens with zero attached hydrogens (tertiary/aromatic N) is 1. The van der Waals surface area contributed by atoms with E-state index in [2.05, 4.69) is 16.0 Å². The lowest BCUT2D eigenvalue weighted by molar-refractivity contribution is 0.387. The first-order chi connectivity index (χ1) is 7.43. The fraction of sp³-hybridized carbons (Fsp3) is 0.615. The molecular weight excluding hydrogens is 184 g/mol. The van der Waals surface area contributed by atoms with Crippen LogP contribution < -0.4 is 0 Å². The Labute approximate surface area is 90.8 Å². The highest BCUT2D eigenvalue weighted by atomic mass is 14.9. The smallest absolute Gasteiger partial charge is 0.0921 e. The SMILES string of the molecule is C1=C2CCCC[C@@H]2CC[C@H]1c1cnc[nH]1. The minimum Gasteiger partial charge on any atom is -0.348 e. The Balaban J connectivity index is 1.83. The molecule has 1 fully saturated rings. The maximum Gasteiger partial charge on any atom is 0.0921 e. The predicted molar refractivity (Wildman–Crippen MR) is 60.6 cm³/mol. The van der Waals surface area contributed by atoms with Crippen molar-refractivity contribution in [3.63, 3.8) is 0 Å². The van der Waals surface area contributed by atoms with Crippen LogP contribution in [0.5, 0.6) is 0 Å². The Kier molecular flexibility index (Phi) is 2.35.